The van der Waals surface area contributed by atoms with Crippen LogP contribution >= 0.6 is 0 Å². The molecule has 6 rings (SSSR count). The number of piperidine rings is 1. The SMILES string of the molecule is COC(=O)[C@@H]1[C@H](O)[C@]23C=CCN4C[C@](O)([C@@H]2C)[C@@]2(c5ccccc5N[C@@H]12)[C@@H]43. The number of nitrogens with one attached hydrogen (secondary N) is 1. The number of rotatable bonds is 1. The summed E-state index contributed by atoms with van der Waals surface area (Å²) in [6, 6.07) is 7.58. The van der Waals surface area contributed by atoms with E-state index in [4.69, 9.17) is 4.74 Å². The molecule has 1 aromatic carbocycles. The fourth-order valence-electron chi connectivity index (χ4n) is 7.73. The Kier molecular flexibility index (Phi) is 2.72. The van der Waals surface area contributed by atoms with E-state index in [0.29, 0.717) is 6.54 Å². The number of para-hydroxylation sites is 1. The van der Waals surface area contributed by atoms with Crippen molar-refractivity contribution in [1.29, 1.82) is 0 Å². The molecular formula is C21H24N2O4. The van der Waals surface area contributed by atoms with Crippen LogP contribution < -0.4 is 5.32 Å². The normalized spacial score (nSPS) is 50.9. The van der Waals surface area contributed by atoms with Gasteiger partial charge in [-0.15, -0.1) is 0 Å². The molecule has 3 aliphatic heterocycles. The summed E-state index contributed by atoms with van der Waals surface area (Å²) in [5.41, 5.74) is -0.333. The average Bonchev–Trinajstić information content (AvgIpc) is 3.20. The molecule has 0 amide bonds. The van der Waals surface area contributed by atoms with Crippen LogP contribution in [0.1, 0.15) is 12.5 Å². The van der Waals surface area contributed by atoms with Crippen molar-refractivity contribution in [3.8, 4) is 0 Å². The van der Waals surface area contributed by atoms with Gasteiger partial charge in [0.15, 0.2) is 0 Å². The molecule has 0 aromatic heterocycles. The van der Waals surface area contributed by atoms with Gasteiger partial charge >= 0.3 is 5.97 Å². The molecule has 1 spiro atoms. The largest absolute Gasteiger partial charge is 0.469 e. The van der Waals surface area contributed by atoms with Crippen LogP contribution in [0, 0.1) is 17.3 Å². The number of esters is 1. The Balaban J connectivity index is 1.72. The zero-order chi connectivity index (χ0) is 18.8. The van der Waals surface area contributed by atoms with E-state index in [9.17, 15) is 15.0 Å². The number of carbonyl (C=O) groups is 1. The molecule has 6 heteroatoms. The molecule has 2 aliphatic carbocycles. The third-order valence-corrected chi connectivity index (χ3v) is 8.50. The number of carbonyl (C=O) groups excluding carboxylic acids is 1. The van der Waals surface area contributed by atoms with Crippen LogP contribution in [0.4, 0.5) is 5.69 Å². The number of hydrogen-bond donors (Lipinski definition) is 3. The van der Waals surface area contributed by atoms with Gasteiger partial charge in [-0.1, -0.05) is 37.3 Å². The van der Waals surface area contributed by atoms with Crippen molar-refractivity contribution >= 4 is 11.7 Å². The molecule has 0 unspecified atom stereocenters. The first-order valence-electron chi connectivity index (χ1n) is 9.70. The lowest BCUT2D eigenvalue weighted by Gasteiger charge is -2.56. The molecule has 3 heterocycles. The highest BCUT2D eigenvalue weighted by Gasteiger charge is 2.88. The Morgan fingerprint density at radius 1 is 1.37 bits per heavy atom. The number of hydrogen-bond acceptors (Lipinski definition) is 6. The van der Waals surface area contributed by atoms with Crippen LogP contribution in [0.15, 0.2) is 36.4 Å². The number of methoxy groups -OCH3 is 1. The fourth-order valence-corrected chi connectivity index (χ4v) is 7.73. The summed E-state index contributed by atoms with van der Waals surface area (Å²) < 4.78 is 5.12. The molecule has 0 radical (unpaired) electrons. The van der Waals surface area contributed by atoms with Gasteiger partial charge < -0.3 is 20.3 Å². The highest BCUT2D eigenvalue weighted by molar-refractivity contribution is 5.80. The number of aliphatic hydroxyl groups excluding tert-OH is 1. The van der Waals surface area contributed by atoms with Gasteiger partial charge in [-0.2, -0.15) is 0 Å². The van der Waals surface area contributed by atoms with Crippen molar-refractivity contribution in [1.82, 2.24) is 4.90 Å². The smallest absolute Gasteiger partial charge is 0.313 e. The van der Waals surface area contributed by atoms with Gasteiger partial charge in [0.05, 0.1) is 30.3 Å². The van der Waals surface area contributed by atoms with Gasteiger partial charge in [0, 0.05) is 36.2 Å². The van der Waals surface area contributed by atoms with E-state index in [-0.39, 0.29) is 12.0 Å². The predicted octanol–water partition coefficient (Wildman–Crippen LogP) is 0.503. The van der Waals surface area contributed by atoms with Gasteiger partial charge in [-0.3, -0.25) is 9.69 Å². The van der Waals surface area contributed by atoms with Gasteiger partial charge in [-0.05, 0) is 11.6 Å². The van der Waals surface area contributed by atoms with Crippen molar-refractivity contribution in [3.63, 3.8) is 0 Å². The molecule has 8 atom stereocenters. The van der Waals surface area contributed by atoms with Gasteiger partial charge in [0.1, 0.15) is 5.92 Å². The van der Waals surface area contributed by atoms with Crippen molar-refractivity contribution in [2.45, 2.75) is 36.1 Å². The molecule has 142 valence electrons. The Labute approximate surface area is 157 Å². The molecular weight excluding hydrogens is 344 g/mol. The zero-order valence-electron chi connectivity index (χ0n) is 15.4. The molecule has 1 saturated heterocycles. The van der Waals surface area contributed by atoms with E-state index in [2.05, 4.69) is 28.4 Å². The van der Waals surface area contributed by atoms with Crippen molar-refractivity contribution in [2.24, 2.45) is 17.3 Å². The van der Waals surface area contributed by atoms with E-state index >= 15 is 0 Å². The lowest BCUT2D eigenvalue weighted by atomic mass is 9.54. The van der Waals surface area contributed by atoms with Gasteiger partial charge in [-0.25, -0.2) is 0 Å². The first-order chi connectivity index (χ1) is 12.9. The summed E-state index contributed by atoms with van der Waals surface area (Å²) in [6.45, 7) is 3.35. The van der Waals surface area contributed by atoms with Crippen LogP contribution in [-0.2, 0) is 14.9 Å². The van der Waals surface area contributed by atoms with Crippen LogP contribution in [0.25, 0.3) is 0 Å². The maximum Gasteiger partial charge on any atom is 0.313 e. The molecule has 27 heavy (non-hydrogen) atoms. The Morgan fingerprint density at radius 2 is 2.15 bits per heavy atom. The molecule has 6 nitrogen and oxygen atoms in total. The number of anilines is 1. The number of benzene rings is 1. The molecule has 5 aliphatic rings. The predicted molar refractivity (Wildman–Crippen MR) is 98.1 cm³/mol. The van der Waals surface area contributed by atoms with Crippen LogP contribution in [0.2, 0.25) is 0 Å². The molecule has 2 saturated carbocycles. The zero-order valence-corrected chi connectivity index (χ0v) is 15.4. The summed E-state index contributed by atoms with van der Waals surface area (Å²) >= 11 is 0. The summed E-state index contributed by atoms with van der Waals surface area (Å²) in [7, 11) is 1.37. The molecule has 4 bridgehead atoms. The maximum absolute atomic E-state index is 12.8. The van der Waals surface area contributed by atoms with E-state index in [0.717, 1.165) is 17.8 Å². The highest BCUT2D eigenvalue weighted by Crippen LogP contribution is 2.76. The first-order valence-corrected chi connectivity index (χ1v) is 9.70. The highest BCUT2D eigenvalue weighted by atomic mass is 16.5. The quantitative estimate of drug-likeness (QED) is 0.495. The number of ether oxygens (including phenoxy) is 1. The minimum atomic E-state index is -1.03. The summed E-state index contributed by atoms with van der Waals surface area (Å²) in [5.74, 6) is -1.33. The summed E-state index contributed by atoms with van der Waals surface area (Å²) in [4.78, 5) is 15.1. The lowest BCUT2D eigenvalue weighted by molar-refractivity contribution is -0.164. The lowest BCUT2D eigenvalue weighted by Crippen LogP contribution is -2.70. The van der Waals surface area contributed by atoms with E-state index in [1.54, 1.807) is 0 Å². The minimum absolute atomic E-state index is 0.0490. The standard InChI is InChI=1S/C21H24N2O4/c1-11-19-8-5-9-23-10-20(11,26)21(18(19)23)12-6-3-4-7-13(12)22-15(21)14(16(19)24)17(25)27-2/h3-8,11,14-16,18,22,24,26H,9-10H2,1-2H3/t11-,14+,15+,16+,18+,19+,20+,21-/m1/s1. The Hall–Kier alpha value is -1.89. The van der Waals surface area contributed by atoms with Crippen LogP contribution in [-0.4, -0.2) is 65.1 Å². The van der Waals surface area contributed by atoms with Gasteiger partial charge in [0.25, 0.3) is 0 Å². The molecule has 1 aromatic rings. The average molecular weight is 368 g/mol. The Bertz CT molecular complexity index is 902. The van der Waals surface area contributed by atoms with E-state index < -0.39 is 40.5 Å². The van der Waals surface area contributed by atoms with E-state index in [1.165, 1.54) is 7.11 Å². The van der Waals surface area contributed by atoms with Crippen LogP contribution in [0.3, 0.4) is 0 Å². The second-order valence-corrected chi connectivity index (χ2v) is 8.91. The second-order valence-electron chi connectivity index (χ2n) is 8.91. The molecule has 3 fully saturated rings. The summed E-state index contributed by atoms with van der Waals surface area (Å²) in [6.07, 6.45) is 3.24. The van der Waals surface area contributed by atoms with E-state index in [1.807, 2.05) is 25.1 Å². The van der Waals surface area contributed by atoms with Gasteiger partial charge in [0.2, 0.25) is 0 Å². The third kappa shape index (κ3) is 1.33. The molecule has 3 N–H and O–H groups in total. The number of nitrogens with zero attached hydrogens (tertiary/aromatic N) is 1. The van der Waals surface area contributed by atoms with Crippen molar-refractivity contribution in [2.75, 3.05) is 25.5 Å². The second kappa shape index (κ2) is 4.57. The monoisotopic (exact) mass is 368 g/mol. The van der Waals surface area contributed by atoms with Crippen LogP contribution in [0.5, 0.6) is 0 Å². The maximum atomic E-state index is 12.8. The van der Waals surface area contributed by atoms with Crippen molar-refractivity contribution in [3.05, 3.63) is 42.0 Å². The third-order valence-electron chi connectivity index (χ3n) is 8.50. The Morgan fingerprint density at radius 3 is 2.93 bits per heavy atom. The van der Waals surface area contributed by atoms with Crippen molar-refractivity contribution < 1.29 is 19.7 Å². The minimum Gasteiger partial charge on any atom is -0.469 e. The number of fused-ring (bicyclic) bond motifs is 1. The number of aliphatic hydroxyl groups is 2. The summed E-state index contributed by atoms with van der Waals surface area (Å²) in [5, 5.41) is 27.3. The first kappa shape index (κ1) is 16.1. The topological polar surface area (TPSA) is 82.0 Å². The fraction of sp³-hybridized carbons (Fsp3) is 0.571.